The van der Waals surface area contributed by atoms with Crippen LogP contribution in [0.15, 0.2) is 30.5 Å². The van der Waals surface area contributed by atoms with Gasteiger partial charge in [-0.15, -0.1) is 0 Å². The van der Waals surface area contributed by atoms with Crippen LogP contribution in [0, 0.1) is 11.8 Å². The minimum atomic E-state index is -1.99. The Morgan fingerprint density at radius 1 is 1.30 bits per heavy atom. The zero-order valence-corrected chi connectivity index (χ0v) is 23.4. The van der Waals surface area contributed by atoms with Gasteiger partial charge < -0.3 is 20.3 Å². The Bertz CT molecular complexity index is 1470. The summed E-state index contributed by atoms with van der Waals surface area (Å²) in [4.78, 5) is 49.9. The van der Waals surface area contributed by atoms with E-state index in [1.807, 2.05) is 33.0 Å². The molecule has 1 aromatic carbocycles. The summed E-state index contributed by atoms with van der Waals surface area (Å²) in [6.45, 7) is 6.48. The zero-order valence-electron chi connectivity index (χ0n) is 23.4. The standard InChI is InChI=1S/C30H37N5O5/c1-5-29(28(38)35-25(16(2)3)27(37)34-11-7-10-23(34)30(35,39)40-29)32-26(36)18-12-20-19-8-6-9-21-24(19)17(14-31-21)13-22(20)33(4)15-18/h6,8-9,12,14,16,18,22-23,25,31,39H,5,7,10-11,13,15H2,1-4H3,(H,32,36)/t18-,22-,23-,25-,29-,30+/m1/s1. The van der Waals surface area contributed by atoms with Crippen LogP contribution in [-0.4, -0.2) is 92.4 Å². The van der Waals surface area contributed by atoms with E-state index in [2.05, 4.69) is 33.5 Å². The van der Waals surface area contributed by atoms with Crippen molar-refractivity contribution in [3.05, 3.63) is 41.6 Å². The maximum absolute atomic E-state index is 14.1. The highest BCUT2D eigenvalue weighted by molar-refractivity contribution is 6.01. The van der Waals surface area contributed by atoms with E-state index in [1.165, 1.54) is 15.8 Å². The van der Waals surface area contributed by atoms with Crippen LogP contribution < -0.4 is 5.32 Å². The highest BCUT2D eigenvalue weighted by Gasteiger charge is 2.71. The molecule has 3 N–H and O–H groups in total. The molecule has 0 bridgehead atoms. The summed E-state index contributed by atoms with van der Waals surface area (Å²) in [5.74, 6) is -3.81. The Balaban J connectivity index is 1.23. The number of carbonyl (C=O) groups excluding carboxylic acids is 3. The average molecular weight is 548 g/mol. The van der Waals surface area contributed by atoms with Gasteiger partial charge in [-0.05, 0) is 55.0 Å². The van der Waals surface area contributed by atoms with Crippen LogP contribution in [0.3, 0.4) is 0 Å². The van der Waals surface area contributed by atoms with Crippen molar-refractivity contribution in [1.29, 1.82) is 0 Å². The lowest BCUT2D eigenvalue weighted by Crippen LogP contribution is -2.72. The SMILES string of the molecule is CC[C@@]1(NC(=O)[C@@H]2C=C3c4cccc5[nH]cc(c45)C[C@H]3N(C)C2)O[C@@]2(O)[C@H]3CCCN3C(=O)[C@@H](C(C)C)N2C1=O. The van der Waals surface area contributed by atoms with Gasteiger partial charge in [-0.2, -0.15) is 0 Å². The van der Waals surface area contributed by atoms with E-state index in [0.29, 0.717) is 19.5 Å². The Morgan fingerprint density at radius 3 is 2.85 bits per heavy atom. The first-order chi connectivity index (χ1) is 19.1. The summed E-state index contributed by atoms with van der Waals surface area (Å²) in [6.07, 6.45) is 6.34. The number of aromatic amines is 1. The summed E-state index contributed by atoms with van der Waals surface area (Å²) >= 11 is 0. The molecule has 7 rings (SSSR count). The van der Waals surface area contributed by atoms with Crippen LogP contribution in [0.25, 0.3) is 16.5 Å². The number of carbonyl (C=O) groups is 3. The second-order valence-corrected chi connectivity index (χ2v) is 12.4. The molecule has 212 valence electrons. The average Bonchev–Trinajstić information content (AvgIpc) is 3.64. The Morgan fingerprint density at radius 2 is 2.10 bits per heavy atom. The quantitative estimate of drug-likeness (QED) is 0.537. The van der Waals surface area contributed by atoms with E-state index in [1.54, 1.807) is 11.8 Å². The number of aliphatic hydroxyl groups is 1. The fraction of sp³-hybridized carbons (Fsp3) is 0.567. The van der Waals surface area contributed by atoms with Crippen LogP contribution in [0.2, 0.25) is 0 Å². The van der Waals surface area contributed by atoms with E-state index in [9.17, 15) is 19.5 Å². The highest BCUT2D eigenvalue weighted by Crippen LogP contribution is 2.48. The van der Waals surface area contributed by atoms with E-state index < -0.39 is 35.5 Å². The van der Waals surface area contributed by atoms with Crippen molar-refractivity contribution >= 4 is 34.2 Å². The molecule has 40 heavy (non-hydrogen) atoms. The third-order valence-electron chi connectivity index (χ3n) is 9.79. The fourth-order valence-corrected chi connectivity index (χ4v) is 7.83. The number of rotatable bonds is 4. The number of amides is 3. The molecule has 0 spiro atoms. The van der Waals surface area contributed by atoms with Crippen LogP contribution in [0.5, 0.6) is 0 Å². The molecule has 0 radical (unpaired) electrons. The van der Waals surface area contributed by atoms with E-state index >= 15 is 0 Å². The molecule has 5 aliphatic rings. The van der Waals surface area contributed by atoms with Gasteiger partial charge in [0, 0.05) is 42.7 Å². The van der Waals surface area contributed by atoms with Crippen molar-refractivity contribution in [1.82, 2.24) is 25.0 Å². The lowest BCUT2D eigenvalue weighted by molar-refractivity contribution is -0.319. The van der Waals surface area contributed by atoms with Gasteiger partial charge in [0.25, 0.3) is 11.8 Å². The third-order valence-corrected chi connectivity index (χ3v) is 9.79. The Hall–Kier alpha value is -3.21. The molecule has 4 aliphatic heterocycles. The molecule has 3 fully saturated rings. The molecule has 6 atom stereocenters. The molecular weight excluding hydrogens is 510 g/mol. The molecule has 2 aromatic rings. The number of hydrogen-bond acceptors (Lipinski definition) is 6. The first-order valence-corrected chi connectivity index (χ1v) is 14.5. The fourth-order valence-electron chi connectivity index (χ4n) is 7.83. The van der Waals surface area contributed by atoms with Crippen LogP contribution in [-0.2, 0) is 25.5 Å². The Kier molecular flexibility index (Phi) is 5.56. The van der Waals surface area contributed by atoms with Gasteiger partial charge in [0.05, 0.1) is 5.92 Å². The van der Waals surface area contributed by atoms with Crippen LogP contribution in [0.4, 0.5) is 0 Å². The molecular formula is C30H37N5O5. The van der Waals surface area contributed by atoms with Crippen molar-refractivity contribution in [2.24, 2.45) is 11.8 Å². The number of nitrogens with one attached hydrogen (secondary N) is 2. The van der Waals surface area contributed by atoms with Crippen LogP contribution in [0.1, 0.15) is 51.2 Å². The number of benzene rings is 1. The van der Waals surface area contributed by atoms with Gasteiger partial charge in [-0.3, -0.25) is 28.9 Å². The molecule has 0 saturated carbocycles. The van der Waals surface area contributed by atoms with Gasteiger partial charge in [-0.25, -0.2) is 0 Å². The predicted octanol–water partition coefficient (Wildman–Crippen LogP) is 1.79. The van der Waals surface area contributed by atoms with E-state index in [-0.39, 0.29) is 30.2 Å². The molecule has 1 aromatic heterocycles. The van der Waals surface area contributed by atoms with E-state index in [0.717, 1.165) is 29.5 Å². The summed E-state index contributed by atoms with van der Waals surface area (Å²) in [7, 11) is 2.03. The first kappa shape index (κ1) is 25.7. The summed E-state index contributed by atoms with van der Waals surface area (Å²) in [5, 5.41) is 16.1. The number of nitrogens with zero attached hydrogens (tertiary/aromatic N) is 3. The molecule has 10 nitrogen and oxygen atoms in total. The van der Waals surface area contributed by atoms with Gasteiger partial charge in [0.2, 0.25) is 17.5 Å². The molecule has 3 saturated heterocycles. The van der Waals surface area contributed by atoms with Gasteiger partial charge in [0.1, 0.15) is 12.1 Å². The summed E-state index contributed by atoms with van der Waals surface area (Å²) in [5.41, 5.74) is 2.83. The minimum Gasteiger partial charge on any atom is -0.361 e. The van der Waals surface area contributed by atoms with Crippen molar-refractivity contribution < 1.29 is 24.2 Å². The predicted molar refractivity (Wildman–Crippen MR) is 147 cm³/mol. The number of piperazine rings is 1. The van der Waals surface area contributed by atoms with Gasteiger partial charge >= 0.3 is 0 Å². The Labute approximate surface area is 233 Å². The van der Waals surface area contributed by atoms with Crippen molar-refractivity contribution in [2.75, 3.05) is 20.1 Å². The molecule has 1 aliphatic carbocycles. The topological polar surface area (TPSA) is 118 Å². The number of fused-ring (bicyclic) bond motifs is 5. The maximum atomic E-state index is 14.1. The molecule has 0 unspecified atom stereocenters. The highest BCUT2D eigenvalue weighted by atomic mass is 16.7. The summed E-state index contributed by atoms with van der Waals surface area (Å²) < 4.78 is 6.29. The van der Waals surface area contributed by atoms with Crippen molar-refractivity contribution in [3.8, 4) is 0 Å². The first-order valence-electron chi connectivity index (χ1n) is 14.5. The number of likely N-dealkylation sites (N-methyl/N-ethyl adjacent to an activating group) is 1. The van der Waals surface area contributed by atoms with E-state index in [4.69, 9.17) is 4.74 Å². The second-order valence-electron chi connectivity index (χ2n) is 12.4. The van der Waals surface area contributed by atoms with Gasteiger partial charge in [-0.1, -0.05) is 39.0 Å². The molecule has 5 heterocycles. The van der Waals surface area contributed by atoms with Gasteiger partial charge in [0.15, 0.2) is 0 Å². The lowest BCUT2D eigenvalue weighted by atomic mass is 9.79. The smallest absolute Gasteiger partial charge is 0.281 e. The number of hydrogen-bond donors (Lipinski definition) is 3. The minimum absolute atomic E-state index is 0.121. The van der Waals surface area contributed by atoms with Crippen molar-refractivity contribution in [2.45, 2.75) is 76.2 Å². The zero-order chi connectivity index (χ0) is 28.1. The number of aromatic nitrogens is 1. The maximum Gasteiger partial charge on any atom is 0.281 e. The third kappa shape index (κ3) is 3.30. The summed E-state index contributed by atoms with van der Waals surface area (Å²) in [6, 6.07) is 4.83. The largest absolute Gasteiger partial charge is 0.361 e. The molecule has 10 heteroatoms. The lowest BCUT2D eigenvalue weighted by Gasteiger charge is -2.49. The number of ether oxygens (including phenoxy) is 1. The second kappa shape index (κ2) is 8.64. The molecule has 3 amide bonds. The van der Waals surface area contributed by atoms with Crippen molar-refractivity contribution in [3.63, 3.8) is 0 Å². The number of H-pyrrole nitrogens is 1. The normalized spacial score (nSPS) is 35.2. The van der Waals surface area contributed by atoms with Crippen LogP contribution >= 0.6 is 0 Å². The monoisotopic (exact) mass is 547 g/mol.